The van der Waals surface area contributed by atoms with E-state index in [9.17, 15) is 4.79 Å². The molecule has 1 aromatic carbocycles. The molecule has 18 heavy (non-hydrogen) atoms. The molecule has 1 rings (SSSR count). The van der Waals surface area contributed by atoms with Crippen LogP contribution in [0.15, 0.2) is 18.2 Å². The maximum absolute atomic E-state index is 11.7. The molecule has 0 atom stereocenters. The van der Waals surface area contributed by atoms with Gasteiger partial charge in [0, 0.05) is 12.2 Å². The van der Waals surface area contributed by atoms with Crippen molar-refractivity contribution in [2.24, 2.45) is 0 Å². The van der Waals surface area contributed by atoms with Crippen LogP contribution >= 0.6 is 0 Å². The van der Waals surface area contributed by atoms with Crippen LogP contribution in [0.2, 0.25) is 0 Å². The average molecular weight is 244 g/mol. The Labute approximate surface area is 109 Å². The number of nitrogens with zero attached hydrogens (tertiary/aromatic N) is 1. The lowest BCUT2D eigenvalue weighted by atomic mass is 10.1. The lowest BCUT2D eigenvalue weighted by Crippen LogP contribution is -2.37. The van der Waals surface area contributed by atoms with Gasteiger partial charge in [0.15, 0.2) is 0 Å². The van der Waals surface area contributed by atoms with E-state index in [0.717, 1.165) is 12.2 Å². The van der Waals surface area contributed by atoms with Crippen LogP contribution in [0.25, 0.3) is 0 Å². The Bertz CT molecular complexity index is 440. The summed E-state index contributed by atoms with van der Waals surface area (Å²) in [6.45, 7) is 7.55. The average Bonchev–Trinajstić information content (AvgIpc) is 2.32. The number of benzene rings is 1. The van der Waals surface area contributed by atoms with Gasteiger partial charge in [0.05, 0.1) is 13.1 Å². The monoisotopic (exact) mass is 244 g/mol. The van der Waals surface area contributed by atoms with Gasteiger partial charge in [-0.1, -0.05) is 12.0 Å². The highest BCUT2D eigenvalue weighted by Crippen LogP contribution is 2.18. The maximum atomic E-state index is 11.7. The Morgan fingerprint density at radius 2 is 1.94 bits per heavy atom. The second-order valence-corrected chi connectivity index (χ2v) is 4.34. The Balaban J connectivity index is 2.77. The number of terminal acetylenes is 1. The van der Waals surface area contributed by atoms with E-state index in [-0.39, 0.29) is 12.5 Å². The molecular formula is C15H20N2O. The second kappa shape index (κ2) is 6.70. The first-order chi connectivity index (χ1) is 8.56. The van der Waals surface area contributed by atoms with E-state index in [1.54, 1.807) is 0 Å². The fraction of sp³-hybridized carbons (Fsp3) is 0.400. The molecule has 0 saturated carbocycles. The first-order valence-electron chi connectivity index (χ1n) is 6.10. The quantitative estimate of drug-likeness (QED) is 0.802. The van der Waals surface area contributed by atoms with Gasteiger partial charge >= 0.3 is 0 Å². The van der Waals surface area contributed by atoms with Crippen LogP contribution < -0.4 is 10.2 Å². The summed E-state index contributed by atoms with van der Waals surface area (Å²) in [5, 5.41) is 2.68. The number of aryl methyl sites for hydroxylation is 2. The van der Waals surface area contributed by atoms with Gasteiger partial charge in [-0.15, -0.1) is 6.42 Å². The number of hydrogen-bond acceptors (Lipinski definition) is 2. The van der Waals surface area contributed by atoms with Crippen molar-refractivity contribution in [3.63, 3.8) is 0 Å². The molecule has 0 radical (unpaired) electrons. The van der Waals surface area contributed by atoms with Crippen molar-refractivity contribution in [3.05, 3.63) is 29.3 Å². The largest absolute Gasteiger partial charge is 0.362 e. The minimum Gasteiger partial charge on any atom is -0.362 e. The van der Waals surface area contributed by atoms with Crippen molar-refractivity contribution in [3.8, 4) is 12.3 Å². The first-order valence-corrected chi connectivity index (χ1v) is 6.10. The molecule has 0 bridgehead atoms. The summed E-state index contributed by atoms with van der Waals surface area (Å²) in [5.41, 5.74) is 3.48. The number of likely N-dealkylation sites (N-methyl/N-ethyl adjacent to an activating group) is 1. The minimum atomic E-state index is -0.0473. The normalized spacial score (nSPS) is 9.67. The summed E-state index contributed by atoms with van der Waals surface area (Å²) >= 11 is 0. The molecule has 1 amide bonds. The fourth-order valence-corrected chi connectivity index (χ4v) is 1.90. The molecule has 1 aromatic rings. The van der Waals surface area contributed by atoms with Crippen molar-refractivity contribution in [2.75, 3.05) is 24.5 Å². The zero-order chi connectivity index (χ0) is 13.5. The molecule has 3 nitrogen and oxygen atoms in total. The van der Waals surface area contributed by atoms with Gasteiger partial charge in [-0.2, -0.15) is 0 Å². The third-order valence-corrected chi connectivity index (χ3v) is 2.68. The minimum absolute atomic E-state index is 0.0473. The van der Waals surface area contributed by atoms with E-state index in [2.05, 4.69) is 43.3 Å². The van der Waals surface area contributed by atoms with E-state index in [4.69, 9.17) is 6.42 Å². The summed E-state index contributed by atoms with van der Waals surface area (Å²) in [7, 11) is 0. The summed E-state index contributed by atoms with van der Waals surface area (Å²) in [6.07, 6.45) is 5.11. The fourth-order valence-electron chi connectivity index (χ4n) is 1.90. The first kappa shape index (κ1) is 14.1. The standard InChI is InChI=1S/C15H20N2O/c1-5-7-16-15(18)11-17(6-2)14-9-12(3)8-13(4)10-14/h1,8-10H,6-7,11H2,2-4H3,(H,16,18). The molecule has 1 N–H and O–H groups in total. The number of carbonyl (C=O) groups excluding carboxylic acids is 1. The zero-order valence-corrected chi connectivity index (χ0v) is 11.3. The molecule has 0 saturated heterocycles. The summed E-state index contributed by atoms with van der Waals surface area (Å²) in [6, 6.07) is 6.30. The molecule has 0 spiro atoms. The lowest BCUT2D eigenvalue weighted by molar-refractivity contribution is -0.119. The second-order valence-electron chi connectivity index (χ2n) is 4.34. The van der Waals surface area contributed by atoms with Crippen LogP contribution in [0.5, 0.6) is 0 Å². The van der Waals surface area contributed by atoms with E-state index in [1.807, 2.05) is 11.8 Å². The highest BCUT2D eigenvalue weighted by Gasteiger charge is 2.10. The van der Waals surface area contributed by atoms with Gasteiger partial charge in [-0.3, -0.25) is 4.79 Å². The van der Waals surface area contributed by atoms with Crippen molar-refractivity contribution in [1.29, 1.82) is 0 Å². The number of amides is 1. The van der Waals surface area contributed by atoms with Gasteiger partial charge in [-0.25, -0.2) is 0 Å². The summed E-state index contributed by atoms with van der Waals surface area (Å²) < 4.78 is 0. The molecule has 96 valence electrons. The molecule has 0 aliphatic carbocycles. The zero-order valence-electron chi connectivity index (χ0n) is 11.3. The molecule has 0 aromatic heterocycles. The third-order valence-electron chi connectivity index (χ3n) is 2.68. The topological polar surface area (TPSA) is 32.3 Å². The number of carbonyl (C=O) groups is 1. The van der Waals surface area contributed by atoms with Gasteiger partial charge in [-0.05, 0) is 44.0 Å². The SMILES string of the molecule is C#CCNC(=O)CN(CC)c1cc(C)cc(C)c1. The van der Waals surface area contributed by atoms with E-state index < -0.39 is 0 Å². The van der Waals surface area contributed by atoms with Crippen molar-refractivity contribution in [2.45, 2.75) is 20.8 Å². The van der Waals surface area contributed by atoms with Crippen LogP contribution in [0.4, 0.5) is 5.69 Å². The summed E-state index contributed by atoms with van der Waals surface area (Å²) in [5.74, 6) is 2.35. The van der Waals surface area contributed by atoms with Gasteiger partial charge in [0.25, 0.3) is 0 Å². The number of hydrogen-bond donors (Lipinski definition) is 1. The van der Waals surface area contributed by atoms with Crippen LogP contribution in [0.1, 0.15) is 18.1 Å². The third kappa shape index (κ3) is 4.14. The van der Waals surface area contributed by atoms with Crippen LogP contribution in [-0.2, 0) is 4.79 Å². The van der Waals surface area contributed by atoms with E-state index in [1.165, 1.54) is 11.1 Å². The highest BCUT2D eigenvalue weighted by atomic mass is 16.2. The molecule has 0 aliphatic heterocycles. The Morgan fingerprint density at radius 3 is 2.44 bits per heavy atom. The van der Waals surface area contributed by atoms with Crippen molar-refractivity contribution in [1.82, 2.24) is 5.32 Å². The maximum Gasteiger partial charge on any atom is 0.240 e. The summed E-state index contributed by atoms with van der Waals surface area (Å²) in [4.78, 5) is 13.7. The van der Waals surface area contributed by atoms with Crippen molar-refractivity contribution < 1.29 is 4.79 Å². The number of rotatable bonds is 5. The molecule has 0 fully saturated rings. The van der Waals surface area contributed by atoms with Gasteiger partial charge in [0.1, 0.15) is 0 Å². The molecule has 0 heterocycles. The van der Waals surface area contributed by atoms with E-state index >= 15 is 0 Å². The Hall–Kier alpha value is -1.95. The van der Waals surface area contributed by atoms with Crippen molar-refractivity contribution >= 4 is 11.6 Å². The highest BCUT2D eigenvalue weighted by molar-refractivity contribution is 5.81. The molecule has 3 heteroatoms. The predicted molar refractivity (Wildman–Crippen MR) is 75.6 cm³/mol. The molecular weight excluding hydrogens is 224 g/mol. The Kier molecular flexibility index (Phi) is 5.26. The van der Waals surface area contributed by atoms with Gasteiger partial charge in [0.2, 0.25) is 5.91 Å². The van der Waals surface area contributed by atoms with Crippen LogP contribution in [0, 0.1) is 26.2 Å². The van der Waals surface area contributed by atoms with E-state index in [0.29, 0.717) is 6.54 Å². The smallest absolute Gasteiger partial charge is 0.240 e. The van der Waals surface area contributed by atoms with Crippen LogP contribution in [0.3, 0.4) is 0 Å². The predicted octanol–water partition coefficient (Wildman–Crippen LogP) is 1.88. The number of nitrogens with one attached hydrogen (secondary N) is 1. The van der Waals surface area contributed by atoms with Gasteiger partial charge < -0.3 is 10.2 Å². The lowest BCUT2D eigenvalue weighted by Gasteiger charge is -2.23. The molecule has 0 unspecified atom stereocenters. The van der Waals surface area contributed by atoms with Crippen LogP contribution in [-0.4, -0.2) is 25.5 Å². The molecule has 0 aliphatic rings. The number of anilines is 1. The Morgan fingerprint density at radius 1 is 1.33 bits per heavy atom.